The van der Waals surface area contributed by atoms with Crippen molar-refractivity contribution in [2.75, 3.05) is 26.7 Å². The van der Waals surface area contributed by atoms with Crippen molar-refractivity contribution in [3.05, 3.63) is 57.2 Å². The first kappa shape index (κ1) is 47.4. The first-order chi connectivity index (χ1) is 29.2. The van der Waals surface area contributed by atoms with Gasteiger partial charge in [0.05, 0.1) is 33.7 Å². The number of aryl methyl sites for hydroxylation is 1. The molecule has 3 heterocycles. The smallest absolute Gasteiger partial charge is 0.324 e. The lowest BCUT2D eigenvalue weighted by molar-refractivity contribution is -0.133. The number of hydrogen-bond donors (Lipinski definition) is 4. The molecule has 7 rings (SSSR count). The van der Waals surface area contributed by atoms with E-state index in [2.05, 4.69) is 37.3 Å². The van der Waals surface area contributed by atoms with E-state index in [1.807, 2.05) is 39.8 Å². The van der Waals surface area contributed by atoms with Crippen LogP contribution in [0, 0.1) is 12.8 Å². The Hall–Kier alpha value is -4.70. The van der Waals surface area contributed by atoms with Crippen LogP contribution in [0.3, 0.4) is 0 Å². The second-order valence-electron chi connectivity index (χ2n) is 16.4. The van der Waals surface area contributed by atoms with Crippen LogP contribution in [-0.4, -0.2) is 91.3 Å². The summed E-state index contributed by atoms with van der Waals surface area (Å²) in [7, 11) is -1.10. The minimum Gasteiger partial charge on any atom is -0.496 e. The zero-order chi connectivity index (χ0) is 44.3. The van der Waals surface area contributed by atoms with E-state index in [0.717, 1.165) is 97.4 Å². The Morgan fingerprint density at radius 1 is 1.08 bits per heavy atom. The lowest BCUT2D eigenvalue weighted by Crippen LogP contribution is -2.70. The quantitative estimate of drug-likeness (QED) is 0.112. The summed E-state index contributed by atoms with van der Waals surface area (Å²) in [6.45, 7) is 9.50. The number of amides is 6. The van der Waals surface area contributed by atoms with Gasteiger partial charge in [-0.25, -0.2) is 18.8 Å². The van der Waals surface area contributed by atoms with Crippen molar-refractivity contribution >= 4 is 61.7 Å². The molecule has 5 N–H and O–H groups in total. The Morgan fingerprint density at radius 3 is 2.39 bits per heavy atom. The minimum absolute atomic E-state index is 0.0117. The number of imide groups is 1. The SMILES string of the molecule is C=S(=O)(NC(=O)C12CCC1/C=C\CCCCCCC(=O)N(CCCC)C(=O)N2)C1CC1.CCN(CC)C(N)=O.COc1ccc2c(=O)cc(-c3nc(C4CC4)cs3)[nH]c2c1C. The number of methoxy groups -OCH3 is 1. The van der Waals surface area contributed by atoms with Crippen molar-refractivity contribution in [1.29, 1.82) is 0 Å². The van der Waals surface area contributed by atoms with E-state index in [1.54, 1.807) is 35.5 Å². The van der Waals surface area contributed by atoms with Crippen LogP contribution in [0.5, 0.6) is 5.75 Å². The number of nitrogens with two attached hydrogens (primary N) is 1. The maximum absolute atomic E-state index is 13.3. The summed E-state index contributed by atoms with van der Waals surface area (Å²) in [5.74, 6) is 4.34. The zero-order valence-electron chi connectivity index (χ0n) is 36.5. The molecular formula is C45H65N7O7S2. The van der Waals surface area contributed by atoms with Crippen LogP contribution < -0.4 is 25.9 Å². The topological polar surface area (TPSA) is 197 Å². The molecule has 6 amide bonds. The van der Waals surface area contributed by atoms with Crippen molar-refractivity contribution in [2.45, 2.75) is 134 Å². The maximum atomic E-state index is 13.3. The average Bonchev–Trinajstić information content (AvgIpc) is 4.18. The number of nitrogens with one attached hydrogen (secondary N) is 3. The van der Waals surface area contributed by atoms with Crippen LogP contribution in [0.4, 0.5) is 9.59 Å². The molecule has 3 aliphatic carbocycles. The van der Waals surface area contributed by atoms with Crippen LogP contribution in [0.2, 0.25) is 0 Å². The number of urea groups is 2. The van der Waals surface area contributed by atoms with Crippen LogP contribution in [-0.2, 0) is 19.3 Å². The number of aromatic nitrogens is 2. The fraction of sp³-hybridized carbons (Fsp3) is 0.578. The number of unbranched alkanes of at least 4 members (excludes halogenated alkanes) is 1. The van der Waals surface area contributed by atoms with E-state index in [9.17, 15) is 28.2 Å². The maximum Gasteiger partial charge on any atom is 0.324 e. The molecule has 61 heavy (non-hydrogen) atoms. The Bertz CT molecular complexity index is 2220. The molecule has 3 fully saturated rings. The molecule has 2 aromatic heterocycles. The van der Waals surface area contributed by atoms with Gasteiger partial charge in [-0.3, -0.25) is 24.0 Å². The van der Waals surface area contributed by atoms with E-state index in [-0.39, 0.29) is 28.5 Å². The van der Waals surface area contributed by atoms with Crippen LogP contribution in [0.25, 0.3) is 21.6 Å². The summed E-state index contributed by atoms with van der Waals surface area (Å²) >= 11 is 1.59. The predicted molar refractivity (Wildman–Crippen MR) is 245 cm³/mol. The van der Waals surface area contributed by atoms with Crippen LogP contribution in [0.1, 0.15) is 128 Å². The largest absolute Gasteiger partial charge is 0.496 e. The monoisotopic (exact) mass is 879 g/mol. The number of carbonyl (C=O) groups excluding carboxylic acids is 4. The van der Waals surface area contributed by atoms with Crippen molar-refractivity contribution in [3.8, 4) is 16.5 Å². The summed E-state index contributed by atoms with van der Waals surface area (Å²) in [5, 5.41) is 6.48. The number of aromatic amines is 1. The fourth-order valence-electron chi connectivity index (χ4n) is 7.62. The van der Waals surface area contributed by atoms with Gasteiger partial charge in [0, 0.05) is 65.5 Å². The van der Waals surface area contributed by atoms with Gasteiger partial charge in [0.25, 0.3) is 5.91 Å². The third-order valence-electron chi connectivity index (χ3n) is 12.0. The standard InChI is InChI=1S/C23H37N3O4S.C17H16N2O2S.C5H12N2O/c1-3-4-17-26-20(27)12-10-8-6-5-7-9-11-18-15-16-23(18,24-22(26)29)21(28)25-31(2,30)19-13-14-19;1-9-15(21-2)6-5-11-14(20)7-12(18-16(9)11)17-19-13(8-22-17)10-3-4-10;1-3-7(4-2)5(6)8/h9,11,18-19H,2-8,10,12-17H2,1H3,(H,24,29)(H,25,28,30);5-8,10H,3-4H2,1-2H3,(H,18,20);3-4H2,1-2H3,(H2,6,8)/b11-9-;;. The number of H-pyrrole nitrogens is 1. The number of fused-ring (bicyclic) bond motifs is 2. The number of hydrogen-bond acceptors (Lipinski definition) is 9. The van der Waals surface area contributed by atoms with E-state index in [0.29, 0.717) is 43.8 Å². The van der Waals surface area contributed by atoms with Crippen molar-refractivity contribution in [2.24, 2.45) is 11.7 Å². The number of carbonyl (C=O) groups is 4. The normalized spacial score (nSPS) is 22.0. The van der Waals surface area contributed by atoms with E-state index < -0.39 is 27.2 Å². The van der Waals surface area contributed by atoms with Gasteiger partial charge in [0.2, 0.25) is 5.91 Å². The average molecular weight is 880 g/mol. The van der Waals surface area contributed by atoms with Crippen LogP contribution >= 0.6 is 11.3 Å². The molecule has 16 heteroatoms. The highest BCUT2D eigenvalue weighted by Crippen LogP contribution is 2.42. The Balaban J connectivity index is 0.000000203. The first-order valence-electron chi connectivity index (χ1n) is 21.9. The molecule has 1 aliphatic heterocycles. The van der Waals surface area contributed by atoms with Gasteiger partial charge >= 0.3 is 12.1 Å². The van der Waals surface area contributed by atoms with Gasteiger partial charge in [0.1, 0.15) is 16.3 Å². The highest BCUT2D eigenvalue weighted by Gasteiger charge is 2.54. The second kappa shape index (κ2) is 21.4. The second-order valence-corrected chi connectivity index (χ2v) is 19.6. The van der Waals surface area contributed by atoms with Crippen LogP contribution in [0.15, 0.2) is 40.5 Å². The molecule has 14 nitrogen and oxygen atoms in total. The highest BCUT2D eigenvalue weighted by molar-refractivity contribution is 7.99. The van der Waals surface area contributed by atoms with Crippen molar-refractivity contribution in [1.82, 2.24) is 29.8 Å². The molecule has 3 atom stereocenters. The fourth-order valence-corrected chi connectivity index (χ4v) is 10.1. The number of rotatable bonds is 11. The van der Waals surface area contributed by atoms with Crippen molar-refractivity contribution < 1.29 is 28.1 Å². The zero-order valence-corrected chi connectivity index (χ0v) is 38.2. The van der Waals surface area contributed by atoms with E-state index in [4.69, 9.17) is 10.5 Å². The predicted octanol–water partition coefficient (Wildman–Crippen LogP) is 7.55. The number of nitrogens with zero attached hydrogens (tertiary/aromatic N) is 3. The van der Waals surface area contributed by atoms with Crippen molar-refractivity contribution in [3.63, 3.8) is 0 Å². The lowest BCUT2D eigenvalue weighted by Gasteiger charge is -2.48. The lowest BCUT2D eigenvalue weighted by atomic mass is 9.65. The molecule has 0 bridgehead atoms. The molecule has 3 aromatic rings. The number of pyridine rings is 1. The van der Waals surface area contributed by atoms with E-state index in [1.165, 1.54) is 17.7 Å². The number of thiazole rings is 1. The molecule has 1 aromatic carbocycles. The molecule has 0 spiro atoms. The summed E-state index contributed by atoms with van der Waals surface area (Å²) in [5.41, 5.74) is 7.48. The van der Waals surface area contributed by atoms with Gasteiger partial charge < -0.3 is 25.7 Å². The Kier molecular flexibility index (Phi) is 16.6. The molecule has 4 aliphatic rings. The summed E-state index contributed by atoms with van der Waals surface area (Å²) < 4.78 is 20.8. The summed E-state index contributed by atoms with van der Waals surface area (Å²) in [4.78, 5) is 72.9. The Labute approximate surface area is 364 Å². The molecule has 0 radical (unpaired) electrons. The number of primary amides is 1. The molecular weight excluding hydrogens is 815 g/mol. The number of benzene rings is 1. The third-order valence-corrected chi connectivity index (χ3v) is 14.9. The highest BCUT2D eigenvalue weighted by atomic mass is 32.2. The molecule has 3 saturated carbocycles. The van der Waals surface area contributed by atoms with Gasteiger partial charge in [-0.15, -0.1) is 11.3 Å². The molecule has 3 unspecified atom stereocenters. The number of ether oxygens (including phenoxy) is 1. The van der Waals surface area contributed by atoms with Gasteiger partial charge in [-0.1, -0.05) is 38.3 Å². The Morgan fingerprint density at radius 2 is 1.80 bits per heavy atom. The van der Waals surface area contributed by atoms with Gasteiger partial charge in [-0.2, -0.15) is 0 Å². The molecule has 0 saturated heterocycles. The van der Waals surface area contributed by atoms with E-state index >= 15 is 0 Å². The van der Waals surface area contributed by atoms with Gasteiger partial charge in [0.15, 0.2) is 5.43 Å². The summed E-state index contributed by atoms with van der Waals surface area (Å²) in [6, 6.07) is 4.42. The summed E-state index contributed by atoms with van der Waals surface area (Å²) in [6.07, 6.45) is 16.0. The minimum atomic E-state index is -2.74. The van der Waals surface area contributed by atoms with Gasteiger partial charge in [-0.05, 0) is 103 Å². The number of allylic oxidation sites excluding steroid dienone is 1. The first-order valence-corrected chi connectivity index (χ1v) is 24.5. The molecule has 334 valence electrons. The third kappa shape index (κ3) is 12.0.